The van der Waals surface area contributed by atoms with Gasteiger partial charge in [0.1, 0.15) is 5.75 Å². The number of nitrogens with zero attached hydrogens (tertiary/aromatic N) is 1. The molecule has 19 heavy (non-hydrogen) atoms. The number of rotatable bonds is 3. The minimum absolute atomic E-state index is 0.0288. The Morgan fingerprint density at radius 2 is 2.16 bits per heavy atom. The van der Waals surface area contributed by atoms with Crippen LogP contribution in [0.4, 0.5) is 0 Å². The molecule has 2 rings (SSSR count). The molecule has 1 aliphatic heterocycles. The van der Waals surface area contributed by atoms with Gasteiger partial charge in [-0.2, -0.15) is 0 Å². The summed E-state index contributed by atoms with van der Waals surface area (Å²) in [5.41, 5.74) is 1.29. The minimum Gasteiger partial charge on any atom is -0.508 e. The molecule has 1 aromatic carbocycles. The average molecular weight is 263 g/mol. The van der Waals surface area contributed by atoms with Gasteiger partial charge in [0, 0.05) is 18.2 Å². The van der Waals surface area contributed by atoms with E-state index in [0.29, 0.717) is 13.0 Å². The summed E-state index contributed by atoms with van der Waals surface area (Å²) in [6, 6.07) is 5.57. The molecule has 0 aliphatic carbocycles. The number of aliphatic carboxylic acids is 1. The van der Waals surface area contributed by atoms with Crippen molar-refractivity contribution >= 4 is 5.97 Å². The molecule has 1 aromatic rings. The number of hydrogen-bond acceptors (Lipinski definition) is 3. The molecular formula is C15H21NO3. The molecule has 2 N–H and O–H groups in total. The Balaban J connectivity index is 2.20. The van der Waals surface area contributed by atoms with Crippen LogP contribution in [0, 0.1) is 12.3 Å². The average Bonchev–Trinajstić information content (AvgIpc) is 2.76. The van der Waals surface area contributed by atoms with Crippen molar-refractivity contribution in [2.24, 2.45) is 5.41 Å². The van der Waals surface area contributed by atoms with Crippen LogP contribution < -0.4 is 0 Å². The van der Waals surface area contributed by atoms with E-state index in [-0.39, 0.29) is 11.8 Å². The Labute approximate surface area is 113 Å². The minimum atomic E-state index is -0.740. The Kier molecular flexibility index (Phi) is 3.54. The van der Waals surface area contributed by atoms with Crippen LogP contribution in [0.3, 0.4) is 0 Å². The van der Waals surface area contributed by atoms with Crippen LogP contribution in [-0.4, -0.2) is 34.2 Å². The lowest BCUT2D eigenvalue weighted by Crippen LogP contribution is -2.32. The largest absolute Gasteiger partial charge is 0.508 e. The Morgan fingerprint density at radius 3 is 2.74 bits per heavy atom. The third-order valence-corrected chi connectivity index (χ3v) is 4.20. The van der Waals surface area contributed by atoms with Crippen LogP contribution in [0.5, 0.6) is 5.75 Å². The van der Waals surface area contributed by atoms with Crippen molar-refractivity contribution in [3.05, 3.63) is 29.3 Å². The summed E-state index contributed by atoms with van der Waals surface area (Å²) in [4.78, 5) is 13.4. The number of carboxylic acids is 1. The second kappa shape index (κ2) is 4.85. The van der Waals surface area contributed by atoms with Gasteiger partial charge in [-0.25, -0.2) is 0 Å². The predicted octanol–water partition coefficient (Wildman–Crippen LogP) is 2.56. The first-order chi connectivity index (χ1) is 8.83. The number of aryl methyl sites for hydroxylation is 1. The van der Waals surface area contributed by atoms with Crippen molar-refractivity contribution in [2.45, 2.75) is 33.2 Å². The maximum Gasteiger partial charge on any atom is 0.310 e. The van der Waals surface area contributed by atoms with E-state index in [1.54, 1.807) is 13.0 Å². The smallest absolute Gasteiger partial charge is 0.310 e. The Hall–Kier alpha value is -1.55. The van der Waals surface area contributed by atoms with Gasteiger partial charge in [-0.3, -0.25) is 9.69 Å². The van der Waals surface area contributed by atoms with E-state index in [1.807, 2.05) is 26.0 Å². The van der Waals surface area contributed by atoms with Gasteiger partial charge < -0.3 is 10.2 Å². The maximum atomic E-state index is 11.3. The molecule has 1 fully saturated rings. The number of carbonyl (C=O) groups is 1. The number of benzene rings is 1. The SMILES string of the molecule is Cc1ccc(O)c(C(C)N2CCC(C)(C(=O)O)C2)c1. The summed E-state index contributed by atoms with van der Waals surface area (Å²) in [5.74, 6) is -0.460. The number of hydrogen-bond donors (Lipinski definition) is 2. The molecule has 2 atom stereocenters. The van der Waals surface area contributed by atoms with Crippen LogP contribution in [0.25, 0.3) is 0 Å². The van der Waals surface area contributed by atoms with Crippen molar-refractivity contribution in [2.75, 3.05) is 13.1 Å². The molecule has 0 aromatic heterocycles. The molecule has 0 saturated carbocycles. The molecule has 0 amide bonds. The Morgan fingerprint density at radius 1 is 1.47 bits per heavy atom. The topological polar surface area (TPSA) is 60.8 Å². The van der Waals surface area contributed by atoms with Gasteiger partial charge in [0.05, 0.1) is 5.41 Å². The van der Waals surface area contributed by atoms with Crippen molar-refractivity contribution < 1.29 is 15.0 Å². The molecule has 2 unspecified atom stereocenters. The molecule has 1 aliphatic rings. The van der Waals surface area contributed by atoms with Crippen molar-refractivity contribution in [1.82, 2.24) is 4.90 Å². The fraction of sp³-hybridized carbons (Fsp3) is 0.533. The third-order valence-electron chi connectivity index (χ3n) is 4.20. The number of phenolic OH excluding ortho intramolecular Hbond substituents is 1. The molecule has 0 radical (unpaired) electrons. The first-order valence-electron chi connectivity index (χ1n) is 6.60. The van der Waals surface area contributed by atoms with Gasteiger partial charge in [-0.1, -0.05) is 17.7 Å². The standard InChI is InChI=1S/C15H21NO3/c1-10-4-5-13(17)12(8-10)11(2)16-7-6-15(3,9-16)14(18)19/h4-5,8,11,17H,6-7,9H2,1-3H3,(H,18,19). The normalized spacial score (nSPS) is 25.4. The number of likely N-dealkylation sites (tertiary alicyclic amines) is 1. The number of phenols is 1. The van der Waals surface area contributed by atoms with Gasteiger partial charge in [-0.15, -0.1) is 0 Å². The van der Waals surface area contributed by atoms with E-state index in [0.717, 1.165) is 17.7 Å². The zero-order valence-corrected chi connectivity index (χ0v) is 11.7. The van der Waals surface area contributed by atoms with E-state index < -0.39 is 11.4 Å². The van der Waals surface area contributed by atoms with Gasteiger partial charge in [0.15, 0.2) is 0 Å². The van der Waals surface area contributed by atoms with Crippen LogP contribution >= 0.6 is 0 Å². The van der Waals surface area contributed by atoms with Crippen LogP contribution in [0.2, 0.25) is 0 Å². The number of aromatic hydroxyl groups is 1. The molecule has 1 heterocycles. The quantitative estimate of drug-likeness (QED) is 0.880. The predicted molar refractivity (Wildman–Crippen MR) is 73.2 cm³/mol. The van der Waals surface area contributed by atoms with Crippen LogP contribution in [0.1, 0.15) is 37.4 Å². The second-order valence-electron chi connectivity index (χ2n) is 5.82. The van der Waals surface area contributed by atoms with Gasteiger partial charge in [0.2, 0.25) is 0 Å². The monoisotopic (exact) mass is 263 g/mol. The lowest BCUT2D eigenvalue weighted by molar-refractivity contribution is -0.147. The first kappa shape index (κ1) is 13.9. The molecule has 0 spiro atoms. The van der Waals surface area contributed by atoms with E-state index in [2.05, 4.69) is 4.90 Å². The van der Waals surface area contributed by atoms with Crippen molar-refractivity contribution in [3.8, 4) is 5.75 Å². The zero-order valence-electron chi connectivity index (χ0n) is 11.7. The Bertz CT molecular complexity index is 500. The number of carboxylic acid groups (broad SMARTS) is 1. The van der Waals surface area contributed by atoms with Gasteiger partial charge in [-0.05, 0) is 39.8 Å². The highest BCUT2D eigenvalue weighted by molar-refractivity contribution is 5.74. The van der Waals surface area contributed by atoms with Gasteiger partial charge in [0.25, 0.3) is 0 Å². The van der Waals surface area contributed by atoms with E-state index >= 15 is 0 Å². The summed E-state index contributed by atoms with van der Waals surface area (Å²) < 4.78 is 0. The van der Waals surface area contributed by atoms with Gasteiger partial charge >= 0.3 is 5.97 Å². The lowest BCUT2D eigenvalue weighted by Gasteiger charge is -2.27. The van der Waals surface area contributed by atoms with Crippen molar-refractivity contribution in [3.63, 3.8) is 0 Å². The molecule has 4 heteroatoms. The molecular weight excluding hydrogens is 242 g/mol. The van der Waals surface area contributed by atoms with Crippen LogP contribution in [0.15, 0.2) is 18.2 Å². The summed E-state index contributed by atoms with van der Waals surface area (Å²) in [6.07, 6.45) is 0.652. The highest BCUT2D eigenvalue weighted by Crippen LogP contribution is 2.37. The van der Waals surface area contributed by atoms with Crippen molar-refractivity contribution in [1.29, 1.82) is 0 Å². The van der Waals surface area contributed by atoms with Crippen LogP contribution in [-0.2, 0) is 4.79 Å². The molecule has 104 valence electrons. The highest BCUT2D eigenvalue weighted by atomic mass is 16.4. The fourth-order valence-corrected chi connectivity index (χ4v) is 2.71. The third kappa shape index (κ3) is 2.59. The summed E-state index contributed by atoms with van der Waals surface area (Å²) in [6.45, 7) is 7.06. The summed E-state index contributed by atoms with van der Waals surface area (Å²) in [7, 11) is 0. The molecule has 4 nitrogen and oxygen atoms in total. The second-order valence-corrected chi connectivity index (χ2v) is 5.82. The van der Waals surface area contributed by atoms with E-state index in [9.17, 15) is 15.0 Å². The summed E-state index contributed by atoms with van der Waals surface area (Å²) >= 11 is 0. The molecule has 0 bridgehead atoms. The highest BCUT2D eigenvalue weighted by Gasteiger charge is 2.42. The van der Waals surface area contributed by atoms with E-state index in [4.69, 9.17) is 0 Å². The summed E-state index contributed by atoms with van der Waals surface area (Å²) in [5, 5.41) is 19.2. The first-order valence-corrected chi connectivity index (χ1v) is 6.60. The lowest BCUT2D eigenvalue weighted by atomic mass is 9.90. The fourth-order valence-electron chi connectivity index (χ4n) is 2.71. The maximum absolute atomic E-state index is 11.3. The van der Waals surface area contributed by atoms with E-state index in [1.165, 1.54) is 0 Å². The molecule has 1 saturated heterocycles. The zero-order chi connectivity index (χ0) is 14.2.